The Kier molecular flexibility index (Phi) is 3.79. The third kappa shape index (κ3) is 3.09. The molecule has 0 aliphatic heterocycles. The van der Waals surface area contributed by atoms with E-state index in [0.29, 0.717) is 5.69 Å². The van der Waals surface area contributed by atoms with Crippen molar-refractivity contribution in [2.45, 2.75) is 6.61 Å². The Labute approximate surface area is 109 Å². The van der Waals surface area contributed by atoms with Crippen LogP contribution in [0.25, 0.3) is 0 Å². The zero-order valence-corrected chi connectivity index (χ0v) is 10.6. The number of ether oxygens (including phenoxy) is 2. The highest BCUT2D eigenvalue weighted by Gasteiger charge is 2.11. The molecule has 0 saturated carbocycles. The van der Waals surface area contributed by atoms with Gasteiger partial charge in [0.25, 0.3) is 0 Å². The summed E-state index contributed by atoms with van der Waals surface area (Å²) in [6, 6.07) is 5.70. The van der Waals surface area contributed by atoms with E-state index in [1.54, 1.807) is 24.0 Å². The molecule has 0 amide bonds. The fourth-order valence-corrected chi connectivity index (χ4v) is 1.55. The monoisotopic (exact) mass is 264 g/mol. The lowest BCUT2D eigenvalue weighted by Crippen LogP contribution is -2.03. The molecule has 19 heavy (non-hydrogen) atoms. The van der Waals surface area contributed by atoms with E-state index in [2.05, 4.69) is 9.84 Å². The molecule has 1 aromatic heterocycles. The average Bonchev–Trinajstić information content (AvgIpc) is 2.82. The van der Waals surface area contributed by atoms with E-state index in [0.717, 1.165) is 6.07 Å². The molecule has 0 bridgehead atoms. The van der Waals surface area contributed by atoms with Gasteiger partial charge in [0.05, 0.1) is 18.4 Å². The Morgan fingerprint density at radius 3 is 2.79 bits per heavy atom. The maximum Gasteiger partial charge on any atom is 0.337 e. The number of carbonyl (C=O) groups excluding carboxylic acids is 1. The molecule has 2 aromatic rings. The van der Waals surface area contributed by atoms with Gasteiger partial charge < -0.3 is 9.47 Å². The lowest BCUT2D eigenvalue weighted by atomic mass is 10.2. The van der Waals surface area contributed by atoms with Crippen molar-refractivity contribution in [3.05, 3.63) is 47.5 Å². The summed E-state index contributed by atoms with van der Waals surface area (Å²) in [5, 5.41) is 4.11. The van der Waals surface area contributed by atoms with Crippen LogP contribution in [-0.2, 0) is 18.4 Å². The van der Waals surface area contributed by atoms with Crippen molar-refractivity contribution in [2.75, 3.05) is 7.11 Å². The average molecular weight is 264 g/mol. The lowest BCUT2D eigenvalue weighted by Gasteiger charge is -2.06. The van der Waals surface area contributed by atoms with Crippen molar-refractivity contribution >= 4 is 5.97 Å². The molecule has 1 heterocycles. The summed E-state index contributed by atoms with van der Waals surface area (Å²) < 4.78 is 25.1. The van der Waals surface area contributed by atoms with E-state index in [4.69, 9.17) is 4.74 Å². The first-order chi connectivity index (χ1) is 9.10. The summed E-state index contributed by atoms with van der Waals surface area (Å²) in [4.78, 5) is 11.2. The maximum atomic E-state index is 13.7. The Morgan fingerprint density at radius 2 is 2.21 bits per heavy atom. The van der Waals surface area contributed by atoms with E-state index in [-0.39, 0.29) is 17.9 Å². The van der Waals surface area contributed by atoms with Gasteiger partial charge in [-0.2, -0.15) is 5.10 Å². The van der Waals surface area contributed by atoms with E-state index in [1.807, 2.05) is 0 Å². The third-order valence-electron chi connectivity index (χ3n) is 2.50. The number of carbonyl (C=O) groups is 1. The number of methoxy groups -OCH3 is 1. The molecule has 0 radical (unpaired) electrons. The molecule has 5 nitrogen and oxygen atoms in total. The van der Waals surface area contributed by atoms with Crippen LogP contribution in [-0.4, -0.2) is 22.9 Å². The first kappa shape index (κ1) is 13.1. The Balaban J connectivity index is 2.07. The van der Waals surface area contributed by atoms with Crippen LogP contribution in [0.5, 0.6) is 5.75 Å². The van der Waals surface area contributed by atoms with Gasteiger partial charge in [-0.05, 0) is 24.3 Å². The topological polar surface area (TPSA) is 53.4 Å². The second-order valence-electron chi connectivity index (χ2n) is 3.91. The molecule has 6 heteroatoms. The minimum absolute atomic E-state index is 0.0679. The van der Waals surface area contributed by atoms with Gasteiger partial charge in [0, 0.05) is 13.2 Å². The van der Waals surface area contributed by atoms with Crippen LogP contribution >= 0.6 is 0 Å². The van der Waals surface area contributed by atoms with E-state index in [1.165, 1.54) is 19.2 Å². The van der Waals surface area contributed by atoms with Gasteiger partial charge in [-0.25, -0.2) is 9.18 Å². The molecule has 0 spiro atoms. The zero-order valence-electron chi connectivity index (χ0n) is 10.6. The van der Waals surface area contributed by atoms with Crippen molar-refractivity contribution in [2.24, 2.45) is 7.05 Å². The smallest absolute Gasteiger partial charge is 0.337 e. The van der Waals surface area contributed by atoms with Crippen LogP contribution < -0.4 is 4.74 Å². The molecule has 100 valence electrons. The van der Waals surface area contributed by atoms with Crippen molar-refractivity contribution in [3.63, 3.8) is 0 Å². The highest BCUT2D eigenvalue weighted by molar-refractivity contribution is 5.89. The van der Waals surface area contributed by atoms with Crippen molar-refractivity contribution in [1.29, 1.82) is 0 Å². The number of hydrogen-bond donors (Lipinski definition) is 0. The van der Waals surface area contributed by atoms with Gasteiger partial charge in [-0.15, -0.1) is 0 Å². The Morgan fingerprint density at radius 1 is 1.42 bits per heavy atom. The number of nitrogens with zero attached hydrogens (tertiary/aromatic N) is 2. The van der Waals surface area contributed by atoms with Gasteiger partial charge in [0.1, 0.15) is 6.61 Å². The molecule has 0 N–H and O–H groups in total. The number of rotatable bonds is 4. The number of aromatic nitrogens is 2. The summed E-state index contributed by atoms with van der Waals surface area (Å²) >= 11 is 0. The largest absolute Gasteiger partial charge is 0.484 e. The highest BCUT2D eigenvalue weighted by Crippen LogP contribution is 2.19. The quantitative estimate of drug-likeness (QED) is 0.792. The fourth-order valence-electron chi connectivity index (χ4n) is 1.55. The van der Waals surface area contributed by atoms with Gasteiger partial charge in [-0.3, -0.25) is 4.68 Å². The SMILES string of the molecule is COC(=O)c1ccc(OCc2ccn(C)n2)c(F)c1. The van der Waals surface area contributed by atoms with Crippen molar-refractivity contribution in [3.8, 4) is 5.75 Å². The van der Waals surface area contributed by atoms with Gasteiger partial charge in [0.2, 0.25) is 0 Å². The maximum absolute atomic E-state index is 13.7. The lowest BCUT2D eigenvalue weighted by molar-refractivity contribution is 0.0600. The molecule has 0 atom stereocenters. The molecule has 0 aliphatic rings. The number of halogens is 1. The summed E-state index contributed by atoms with van der Waals surface area (Å²) in [5.41, 5.74) is 0.837. The van der Waals surface area contributed by atoms with Gasteiger partial charge in [0.15, 0.2) is 11.6 Å². The molecular weight excluding hydrogens is 251 g/mol. The number of esters is 1. The van der Waals surface area contributed by atoms with E-state index >= 15 is 0 Å². The van der Waals surface area contributed by atoms with E-state index in [9.17, 15) is 9.18 Å². The molecule has 1 aromatic carbocycles. The minimum Gasteiger partial charge on any atom is -0.484 e. The Hall–Kier alpha value is -2.37. The first-order valence-corrected chi connectivity index (χ1v) is 5.59. The number of aryl methyl sites for hydroxylation is 1. The summed E-state index contributed by atoms with van der Waals surface area (Å²) in [7, 11) is 3.03. The van der Waals surface area contributed by atoms with Crippen molar-refractivity contribution < 1.29 is 18.7 Å². The van der Waals surface area contributed by atoms with Crippen LogP contribution in [0.15, 0.2) is 30.5 Å². The molecular formula is C13H13FN2O3. The van der Waals surface area contributed by atoms with Gasteiger partial charge >= 0.3 is 5.97 Å². The standard InChI is InChI=1S/C13H13FN2O3/c1-16-6-5-10(15-16)8-19-12-4-3-9(7-11(12)14)13(17)18-2/h3-7H,8H2,1-2H3. The fraction of sp³-hybridized carbons (Fsp3) is 0.231. The minimum atomic E-state index is -0.612. The highest BCUT2D eigenvalue weighted by atomic mass is 19.1. The van der Waals surface area contributed by atoms with Crippen LogP contribution in [0.4, 0.5) is 4.39 Å². The Bertz CT molecular complexity index is 595. The molecule has 0 unspecified atom stereocenters. The van der Waals surface area contributed by atoms with Crippen LogP contribution in [0.1, 0.15) is 16.1 Å². The molecule has 0 aliphatic carbocycles. The van der Waals surface area contributed by atoms with Crippen molar-refractivity contribution in [1.82, 2.24) is 9.78 Å². The normalized spacial score (nSPS) is 10.3. The summed E-state index contributed by atoms with van der Waals surface area (Å²) in [6.07, 6.45) is 1.77. The zero-order chi connectivity index (χ0) is 13.8. The summed E-state index contributed by atoms with van der Waals surface area (Å²) in [5.74, 6) is -1.13. The number of benzene rings is 1. The second-order valence-corrected chi connectivity index (χ2v) is 3.91. The van der Waals surface area contributed by atoms with E-state index < -0.39 is 11.8 Å². The predicted octanol–water partition coefficient (Wildman–Crippen LogP) is 1.92. The molecule has 0 saturated heterocycles. The summed E-state index contributed by atoms with van der Waals surface area (Å²) in [6.45, 7) is 0.162. The predicted molar refractivity (Wildman–Crippen MR) is 65.3 cm³/mol. The molecule has 2 rings (SSSR count). The van der Waals surface area contributed by atoms with Crippen LogP contribution in [0.3, 0.4) is 0 Å². The number of hydrogen-bond acceptors (Lipinski definition) is 4. The van der Waals surface area contributed by atoms with Gasteiger partial charge in [-0.1, -0.05) is 0 Å². The third-order valence-corrected chi connectivity index (χ3v) is 2.50. The first-order valence-electron chi connectivity index (χ1n) is 5.59. The second kappa shape index (κ2) is 5.51. The van der Waals surface area contributed by atoms with Crippen LogP contribution in [0.2, 0.25) is 0 Å². The molecule has 0 fully saturated rings. The van der Waals surface area contributed by atoms with Crippen LogP contribution in [0, 0.1) is 5.82 Å².